The molecule has 0 radical (unpaired) electrons. The number of anilines is 1. The van der Waals surface area contributed by atoms with E-state index in [1.54, 1.807) is 23.1 Å². The lowest BCUT2D eigenvalue weighted by Gasteiger charge is -2.11. The number of benzene rings is 1. The molecule has 0 spiro atoms. The van der Waals surface area contributed by atoms with Gasteiger partial charge in [0.1, 0.15) is 5.01 Å². The molecule has 1 saturated heterocycles. The highest BCUT2D eigenvalue weighted by molar-refractivity contribution is 8.01. The quantitative estimate of drug-likeness (QED) is 0.821. The minimum absolute atomic E-state index is 0.102. The predicted octanol–water partition coefficient (Wildman–Crippen LogP) is 3.63. The van der Waals surface area contributed by atoms with Crippen LogP contribution in [0.3, 0.4) is 0 Å². The van der Waals surface area contributed by atoms with Crippen molar-refractivity contribution in [3.8, 4) is 0 Å². The Hall–Kier alpha value is -1.44. The zero-order valence-corrected chi connectivity index (χ0v) is 15.6. The second-order valence-corrected chi connectivity index (χ2v) is 8.61. The summed E-state index contributed by atoms with van der Waals surface area (Å²) in [5.41, 5.74) is 1.96. The standard InChI is InChI=1S/C17H22N4OS2/c1-11-9-14(24-17-21-20-12(2)23-17)4-5-15(11)19-16(22)6-3-13-7-8-18-10-13/h4-5,9,13,18H,3,6-8,10H2,1-2H3,(H,19,22). The van der Waals surface area contributed by atoms with Crippen LogP contribution in [-0.4, -0.2) is 29.2 Å². The fourth-order valence-corrected chi connectivity index (χ4v) is 4.66. The fourth-order valence-electron chi connectivity index (χ4n) is 2.77. The fraction of sp³-hybridized carbons (Fsp3) is 0.471. The van der Waals surface area contributed by atoms with E-state index in [9.17, 15) is 4.79 Å². The van der Waals surface area contributed by atoms with Crippen LogP contribution in [0.25, 0.3) is 0 Å². The summed E-state index contributed by atoms with van der Waals surface area (Å²) < 4.78 is 0.939. The Kier molecular flexibility index (Phi) is 5.86. The van der Waals surface area contributed by atoms with Gasteiger partial charge in [-0.05, 0) is 69.5 Å². The first-order chi connectivity index (χ1) is 11.6. The molecule has 1 aliphatic rings. The number of nitrogens with zero attached hydrogens (tertiary/aromatic N) is 2. The highest BCUT2D eigenvalue weighted by Crippen LogP contribution is 2.32. The lowest BCUT2D eigenvalue weighted by atomic mass is 10.0. The van der Waals surface area contributed by atoms with Crippen LogP contribution in [0.2, 0.25) is 0 Å². The Labute approximate surface area is 150 Å². The summed E-state index contributed by atoms with van der Waals surface area (Å²) in [6, 6.07) is 6.07. The minimum atomic E-state index is 0.102. The van der Waals surface area contributed by atoms with Crippen LogP contribution in [0.4, 0.5) is 5.69 Å². The number of hydrogen-bond donors (Lipinski definition) is 2. The van der Waals surface area contributed by atoms with Crippen molar-refractivity contribution >= 4 is 34.7 Å². The van der Waals surface area contributed by atoms with E-state index in [-0.39, 0.29) is 5.91 Å². The molecule has 2 aromatic rings. The van der Waals surface area contributed by atoms with Crippen molar-refractivity contribution in [2.24, 2.45) is 5.92 Å². The average molecular weight is 363 g/mol. The van der Waals surface area contributed by atoms with E-state index in [0.29, 0.717) is 12.3 Å². The van der Waals surface area contributed by atoms with E-state index >= 15 is 0 Å². The molecule has 1 aliphatic heterocycles. The molecule has 2 heterocycles. The van der Waals surface area contributed by atoms with Gasteiger partial charge in [0.05, 0.1) is 0 Å². The van der Waals surface area contributed by atoms with E-state index in [1.807, 2.05) is 26.0 Å². The van der Waals surface area contributed by atoms with Crippen molar-refractivity contribution in [3.63, 3.8) is 0 Å². The van der Waals surface area contributed by atoms with Gasteiger partial charge in [-0.25, -0.2) is 0 Å². The zero-order valence-electron chi connectivity index (χ0n) is 14.0. The number of aromatic nitrogens is 2. The lowest BCUT2D eigenvalue weighted by Crippen LogP contribution is -2.15. The Morgan fingerprint density at radius 2 is 2.29 bits per heavy atom. The molecule has 0 saturated carbocycles. The average Bonchev–Trinajstić information content (AvgIpc) is 3.20. The largest absolute Gasteiger partial charge is 0.326 e. The van der Waals surface area contributed by atoms with E-state index < -0.39 is 0 Å². The van der Waals surface area contributed by atoms with E-state index in [4.69, 9.17) is 0 Å². The maximum Gasteiger partial charge on any atom is 0.224 e. The van der Waals surface area contributed by atoms with Gasteiger partial charge in [0.2, 0.25) is 5.91 Å². The van der Waals surface area contributed by atoms with Crippen molar-refractivity contribution in [3.05, 3.63) is 28.8 Å². The number of hydrogen-bond acceptors (Lipinski definition) is 6. The second-order valence-electron chi connectivity index (χ2n) is 6.11. The molecular formula is C17H22N4OS2. The Morgan fingerprint density at radius 3 is 2.96 bits per heavy atom. The first-order valence-electron chi connectivity index (χ1n) is 8.19. The van der Waals surface area contributed by atoms with Crippen LogP contribution < -0.4 is 10.6 Å². The van der Waals surface area contributed by atoms with Gasteiger partial charge in [-0.1, -0.05) is 23.1 Å². The van der Waals surface area contributed by atoms with Crippen LogP contribution in [0, 0.1) is 19.8 Å². The van der Waals surface area contributed by atoms with E-state index in [2.05, 4.69) is 26.9 Å². The molecule has 0 bridgehead atoms. The van der Waals surface area contributed by atoms with Crippen LogP contribution in [0.15, 0.2) is 27.4 Å². The summed E-state index contributed by atoms with van der Waals surface area (Å²) in [5, 5.41) is 15.5. The molecule has 1 unspecified atom stereocenters. The van der Waals surface area contributed by atoms with Crippen molar-refractivity contribution in [2.75, 3.05) is 18.4 Å². The third-order valence-corrected chi connectivity index (χ3v) is 6.01. The minimum Gasteiger partial charge on any atom is -0.326 e. The third-order valence-electron chi connectivity index (χ3n) is 4.13. The molecule has 24 heavy (non-hydrogen) atoms. The summed E-state index contributed by atoms with van der Waals surface area (Å²) in [7, 11) is 0. The monoisotopic (exact) mass is 362 g/mol. The number of nitrogens with one attached hydrogen (secondary N) is 2. The van der Waals surface area contributed by atoms with Gasteiger partial charge in [-0.15, -0.1) is 10.2 Å². The molecule has 1 aromatic carbocycles. The summed E-state index contributed by atoms with van der Waals surface area (Å²) >= 11 is 3.19. The maximum absolute atomic E-state index is 12.1. The molecule has 0 aliphatic carbocycles. The number of aryl methyl sites for hydroxylation is 2. The van der Waals surface area contributed by atoms with Crippen LogP contribution in [-0.2, 0) is 4.79 Å². The molecule has 5 nitrogen and oxygen atoms in total. The molecule has 1 amide bonds. The van der Waals surface area contributed by atoms with Crippen molar-refractivity contribution < 1.29 is 4.79 Å². The van der Waals surface area contributed by atoms with Gasteiger partial charge in [0.15, 0.2) is 4.34 Å². The number of rotatable bonds is 6. The predicted molar refractivity (Wildman–Crippen MR) is 98.8 cm³/mol. The van der Waals surface area contributed by atoms with Crippen molar-refractivity contribution in [2.45, 2.75) is 42.3 Å². The molecule has 2 N–H and O–H groups in total. The number of carbonyl (C=O) groups is 1. The Morgan fingerprint density at radius 1 is 1.42 bits per heavy atom. The molecule has 1 atom stereocenters. The van der Waals surface area contributed by atoms with E-state index in [0.717, 1.165) is 45.0 Å². The van der Waals surface area contributed by atoms with Crippen molar-refractivity contribution in [1.82, 2.24) is 15.5 Å². The molecule has 1 aromatic heterocycles. The summed E-state index contributed by atoms with van der Waals surface area (Å²) in [4.78, 5) is 13.3. The number of carbonyl (C=O) groups excluding carboxylic acids is 1. The maximum atomic E-state index is 12.1. The van der Waals surface area contributed by atoms with Crippen LogP contribution in [0.1, 0.15) is 29.8 Å². The first-order valence-corrected chi connectivity index (χ1v) is 9.82. The molecule has 1 fully saturated rings. The lowest BCUT2D eigenvalue weighted by molar-refractivity contribution is -0.116. The highest BCUT2D eigenvalue weighted by atomic mass is 32.2. The summed E-state index contributed by atoms with van der Waals surface area (Å²) in [6.45, 7) is 6.10. The zero-order chi connectivity index (χ0) is 16.9. The first kappa shape index (κ1) is 17.4. The third kappa shape index (κ3) is 4.78. The van der Waals surface area contributed by atoms with Crippen molar-refractivity contribution in [1.29, 1.82) is 0 Å². The molecule has 128 valence electrons. The summed E-state index contributed by atoms with van der Waals surface area (Å²) in [5.74, 6) is 0.746. The SMILES string of the molecule is Cc1nnc(Sc2ccc(NC(=O)CCC3CCNC3)c(C)c2)s1. The van der Waals surface area contributed by atoms with Gasteiger partial charge in [0, 0.05) is 17.0 Å². The highest BCUT2D eigenvalue weighted by Gasteiger charge is 2.16. The number of amides is 1. The topological polar surface area (TPSA) is 66.9 Å². The van der Waals surface area contributed by atoms with Crippen LogP contribution >= 0.6 is 23.1 Å². The van der Waals surface area contributed by atoms with Gasteiger partial charge >= 0.3 is 0 Å². The van der Waals surface area contributed by atoms with Gasteiger partial charge in [-0.2, -0.15) is 0 Å². The van der Waals surface area contributed by atoms with Gasteiger partial charge < -0.3 is 10.6 Å². The van der Waals surface area contributed by atoms with Gasteiger partial charge in [-0.3, -0.25) is 4.79 Å². The molecule has 7 heteroatoms. The molecular weight excluding hydrogens is 340 g/mol. The van der Waals surface area contributed by atoms with Crippen LogP contribution in [0.5, 0.6) is 0 Å². The van der Waals surface area contributed by atoms with Gasteiger partial charge in [0.25, 0.3) is 0 Å². The summed E-state index contributed by atoms with van der Waals surface area (Å²) in [6.07, 6.45) is 2.73. The Bertz CT molecular complexity index is 710. The second kappa shape index (κ2) is 8.09. The molecule has 3 rings (SSSR count). The van der Waals surface area contributed by atoms with E-state index in [1.165, 1.54) is 6.42 Å². The smallest absolute Gasteiger partial charge is 0.224 e. The normalized spacial score (nSPS) is 17.2. The Balaban J connectivity index is 1.54.